The number of para-hydroxylation sites is 1. The minimum absolute atomic E-state index is 0.168. The van der Waals surface area contributed by atoms with E-state index in [9.17, 15) is 9.59 Å². The van der Waals surface area contributed by atoms with Gasteiger partial charge in [-0.3, -0.25) is 9.59 Å². The Balaban J connectivity index is 1.27. The molecule has 0 spiro atoms. The van der Waals surface area contributed by atoms with E-state index in [1.54, 1.807) is 25.2 Å². The lowest BCUT2D eigenvalue weighted by Gasteiger charge is -2.35. The highest BCUT2D eigenvalue weighted by atomic mass is 16.5. The van der Waals surface area contributed by atoms with Crippen LogP contribution < -0.4 is 19.7 Å². The number of carbonyl (C=O) groups excluding carboxylic acids is 2. The molecule has 1 aliphatic rings. The molecule has 0 unspecified atom stereocenters. The zero-order chi connectivity index (χ0) is 26.5. The highest BCUT2D eigenvalue weighted by molar-refractivity contribution is 6.10. The molecule has 38 heavy (non-hydrogen) atoms. The van der Waals surface area contributed by atoms with E-state index in [0.29, 0.717) is 49.3 Å². The van der Waals surface area contributed by atoms with Crippen molar-refractivity contribution >= 4 is 34.2 Å². The Bertz CT molecular complexity index is 1400. The first-order chi connectivity index (χ1) is 18.6. The van der Waals surface area contributed by atoms with Crippen molar-refractivity contribution in [2.45, 2.75) is 12.8 Å². The standard InChI is InChI=1S/C30H31N3O5/c1-36-23-12-7-21(8-13-23)9-16-27(34)31-28-25-5-3-4-6-26(25)38-29(28)30(35)33-19-17-32(18-20-33)22-10-14-24(37-2)15-11-22/h3-8,10-15H,9,16-20H2,1-2H3,(H,31,34). The van der Waals surface area contributed by atoms with Gasteiger partial charge in [-0.25, -0.2) is 0 Å². The van der Waals surface area contributed by atoms with Crippen LogP contribution in [0.4, 0.5) is 11.4 Å². The molecule has 2 amide bonds. The molecule has 8 heteroatoms. The number of hydrogen-bond acceptors (Lipinski definition) is 6. The molecule has 5 rings (SSSR count). The summed E-state index contributed by atoms with van der Waals surface area (Å²) in [5.74, 6) is 1.36. The van der Waals surface area contributed by atoms with Crippen LogP contribution in [0.15, 0.2) is 77.2 Å². The van der Waals surface area contributed by atoms with Crippen LogP contribution in [0.1, 0.15) is 22.5 Å². The van der Waals surface area contributed by atoms with Gasteiger partial charge >= 0.3 is 0 Å². The third-order valence-corrected chi connectivity index (χ3v) is 6.86. The van der Waals surface area contributed by atoms with E-state index < -0.39 is 0 Å². The number of hydrogen-bond donors (Lipinski definition) is 1. The van der Waals surface area contributed by atoms with Crippen molar-refractivity contribution in [3.63, 3.8) is 0 Å². The van der Waals surface area contributed by atoms with Crippen LogP contribution in [0.2, 0.25) is 0 Å². The Hall–Kier alpha value is -4.46. The highest BCUT2D eigenvalue weighted by Crippen LogP contribution is 2.32. The van der Waals surface area contributed by atoms with E-state index in [2.05, 4.69) is 10.2 Å². The second-order valence-corrected chi connectivity index (χ2v) is 9.18. The lowest BCUT2D eigenvalue weighted by Crippen LogP contribution is -2.48. The summed E-state index contributed by atoms with van der Waals surface area (Å²) in [5.41, 5.74) is 3.12. The summed E-state index contributed by atoms with van der Waals surface area (Å²) in [4.78, 5) is 30.5. The Morgan fingerprint density at radius 3 is 2.13 bits per heavy atom. The van der Waals surface area contributed by atoms with Gasteiger partial charge in [0, 0.05) is 43.7 Å². The normalized spacial score (nSPS) is 13.4. The molecule has 3 aromatic carbocycles. The summed E-state index contributed by atoms with van der Waals surface area (Å²) < 4.78 is 16.4. The quantitative estimate of drug-likeness (QED) is 0.358. The number of carbonyl (C=O) groups is 2. The molecule has 1 aromatic heterocycles. The number of nitrogens with one attached hydrogen (secondary N) is 1. The minimum atomic E-state index is -0.221. The van der Waals surface area contributed by atoms with Crippen molar-refractivity contribution in [2.75, 3.05) is 50.6 Å². The van der Waals surface area contributed by atoms with Crippen LogP contribution in [-0.4, -0.2) is 57.1 Å². The SMILES string of the molecule is COc1ccc(CCC(=O)Nc2c(C(=O)N3CCN(c4ccc(OC)cc4)CC3)oc3ccccc23)cc1. The van der Waals surface area contributed by atoms with Gasteiger partial charge in [-0.15, -0.1) is 0 Å². The zero-order valence-electron chi connectivity index (χ0n) is 21.6. The lowest BCUT2D eigenvalue weighted by atomic mass is 10.1. The predicted octanol–water partition coefficient (Wildman–Crippen LogP) is 4.98. The molecule has 0 aliphatic carbocycles. The Morgan fingerprint density at radius 2 is 1.47 bits per heavy atom. The molecule has 196 valence electrons. The van der Waals surface area contributed by atoms with Gasteiger partial charge in [-0.1, -0.05) is 24.3 Å². The predicted molar refractivity (Wildman–Crippen MR) is 147 cm³/mol. The summed E-state index contributed by atoms with van der Waals surface area (Å²) in [6, 6.07) is 22.9. The molecule has 4 aromatic rings. The smallest absolute Gasteiger partial charge is 0.291 e. The van der Waals surface area contributed by atoms with Crippen LogP contribution >= 0.6 is 0 Å². The fourth-order valence-electron chi connectivity index (χ4n) is 4.68. The van der Waals surface area contributed by atoms with Crippen LogP contribution in [0.3, 0.4) is 0 Å². The first-order valence-electron chi connectivity index (χ1n) is 12.7. The number of fused-ring (bicyclic) bond motifs is 1. The molecule has 0 bridgehead atoms. The number of furan rings is 1. The Labute approximate surface area is 221 Å². The maximum absolute atomic E-state index is 13.6. The first kappa shape index (κ1) is 25.2. The Morgan fingerprint density at radius 1 is 0.842 bits per heavy atom. The molecule has 2 heterocycles. The van der Waals surface area contributed by atoms with Gasteiger partial charge in [0.05, 0.1) is 14.2 Å². The number of methoxy groups -OCH3 is 2. The van der Waals surface area contributed by atoms with Crippen LogP contribution in [0, 0.1) is 0 Å². The van der Waals surface area contributed by atoms with Crippen LogP contribution in [0.5, 0.6) is 11.5 Å². The van der Waals surface area contributed by atoms with Crippen molar-refractivity contribution in [2.24, 2.45) is 0 Å². The average Bonchev–Trinajstić information content (AvgIpc) is 3.34. The van der Waals surface area contributed by atoms with E-state index in [0.717, 1.165) is 22.7 Å². The van der Waals surface area contributed by atoms with E-state index in [1.165, 1.54) is 0 Å². The molecule has 1 fully saturated rings. The van der Waals surface area contributed by atoms with Crippen LogP contribution in [0.25, 0.3) is 11.0 Å². The third-order valence-electron chi connectivity index (χ3n) is 6.86. The van der Waals surface area contributed by atoms with Gasteiger partial charge in [-0.2, -0.15) is 0 Å². The number of amides is 2. The minimum Gasteiger partial charge on any atom is -0.497 e. The molecule has 0 atom stereocenters. The number of rotatable bonds is 8. The summed E-state index contributed by atoms with van der Waals surface area (Å²) in [6.45, 7) is 2.49. The maximum Gasteiger partial charge on any atom is 0.291 e. The van der Waals surface area contributed by atoms with Gasteiger partial charge < -0.3 is 29.0 Å². The number of benzene rings is 3. The van der Waals surface area contributed by atoms with Gasteiger partial charge in [-0.05, 0) is 60.5 Å². The molecular weight excluding hydrogens is 482 g/mol. The maximum atomic E-state index is 13.6. The van der Waals surface area contributed by atoms with Gasteiger partial charge in [0.1, 0.15) is 22.8 Å². The second kappa shape index (κ2) is 11.3. The summed E-state index contributed by atoms with van der Waals surface area (Å²) in [5, 5.41) is 3.68. The number of aryl methyl sites for hydroxylation is 1. The third kappa shape index (κ3) is 5.44. The van der Waals surface area contributed by atoms with Gasteiger partial charge in [0.2, 0.25) is 11.7 Å². The molecule has 1 aliphatic heterocycles. The van der Waals surface area contributed by atoms with E-state index in [4.69, 9.17) is 13.9 Å². The molecule has 1 N–H and O–H groups in total. The number of anilines is 2. The zero-order valence-corrected chi connectivity index (χ0v) is 21.6. The number of ether oxygens (including phenoxy) is 2. The number of nitrogens with zero attached hydrogens (tertiary/aromatic N) is 2. The van der Waals surface area contributed by atoms with E-state index >= 15 is 0 Å². The molecule has 0 radical (unpaired) electrons. The number of piperazine rings is 1. The molecule has 0 saturated carbocycles. The Kier molecular flexibility index (Phi) is 7.49. The highest BCUT2D eigenvalue weighted by Gasteiger charge is 2.29. The van der Waals surface area contributed by atoms with E-state index in [-0.39, 0.29) is 24.0 Å². The summed E-state index contributed by atoms with van der Waals surface area (Å²) in [6.07, 6.45) is 0.849. The fraction of sp³-hybridized carbons (Fsp3) is 0.267. The van der Waals surface area contributed by atoms with Crippen molar-refractivity contribution in [3.05, 3.63) is 84.1 Å². The second-order valence-electron chi connectivity index (χ2n) is 9.18. The fourth-order valence-corrected chi connectivity index (χ4v) is 4.68. The largest absolute Gasteiger partial charge is 0.497 e. The summed E-state index contributed by atoms with van der Waals surface area (Å²) >= 11 is 0. The average molecular weight is 514 g/mol. The monoisotopic (exact) mass is 513 g/mol. The summed E-state index contributed by atoms with van der Waals surface area (Å²) in [7, 11) is 3.27. The molecule has 1 saturated heterocycles. The van der Waals surface area contributed by atoms with Crippen molar-refractivity contribution in [1.29, 1.82) is 0 Å². The topological polar surface area (TPSA) is 84.2 Å². The van der Waals surface area contributed by atoms with Crippen LogP contribution in [-0.2, 0) is 11.2 Å². The lowest BCUT2D eigenvalue weighted by molar-refractivity contribution is -0.116. The van der Waals surface area contributed by atoms with Gasteiger partial charge in [0.15, 0.2) is 0 Å². The van der Waals surface area contributed by atoms with E-state index in [1.807, 2.05) is 66.7 Å². The van der Waals surface area contributed by atoms with Crippen molar-refractivity contribution < 1.29 is 23.5 Å². The van der Waals surface area contributed by atoms with Crippen molar-refractivity contribution in [1.82, 2.24) is 4.90 Å². The van der Waals surface area contributed by atoms with Crippen molar-refractivity contribution in [3.8, 4) is 11.5 Å². The molecule has 8 nitrogen and oxygen atoms in total. The first-order valence-corrected chi connectivity index (χ1v) is 12.7. The molecular formula is C30H31N3O5. The van der Waals surface area contributed by atoms with Gasteiger partial charge in [0.25, 0.3) is 5.91 Å².